The summed E-state index contributed by atoms with van der Waals surface area (Å²) in [5.41, 5.74) is 1.13. The monoisotopic (exact) mass is 202 g/mol. The summed E-state index contributed by atoms with van der Waals surface area (Å²) in [7, 11) is 0. The third-order valence-corrected chi connectivity index (χ3v) is 2.40. The molecule has 64 valence electrons. The van der Waals surface area contributed by atoms with Gasteiger partial charge in [0.15, 0.2) is 0 Å². The minimum Gasteiger partial charge on any atom is -0.310 e. The van der Waals surface area contributed by atoms with Crippen LogP contribution in [0.5, 0.6) is 0 Å². The van der Waals surface area contributed by atoms with Crippen molar-refractivity contribution < 1.29 is 0 Å². The minimum atomic E-state index is 0.419. The summed E-state index contributed by atoms with van der Waals surface area (Å²) in [5, 5.41) is 4.20. The molecule has 0 radical (unpaired) electrons. The van der Waals surface area contributed by atoms with Crippen LogP contribution in [0.25, 0.3) is 0 Å². The van der Waals surface area contributed by atoms with Crippen molar-refractivity contribution in [2.75, 3.05) is 6.54 Å². The van der Waals surface area contributed by atoms with E-state index < -0.39 is 0 Å². The van der Waals surface area contributed by atoms with Gasteiger partial charge in [0.1, 0.15) is 10.3 Å². The highest BCUT2D eigenvalue weighted by Crippen LogP contribution is 2.26. The van der Waals surface area contributed by atoms with Crippen molar-refractivity contribution >= 4 is 23.2 Å². The van der Waals surface area contributed by atoms with Gasteiger partial charge < -0.3 is 5.32 Å². The molecule has 0 amide bonds. The number of aromatic nitrogens is 1. The van der Waals surface area contributed by atoms with Crippen molar-refractivity contribution in [1.29, 1.82) is 0 Å². The Labute approximate surface area is 80.9 Å². The summed E-state index contributed by atoms with van der Waals surface area (Å²) in [6, 6.07) is 4.12. The Kier molecular flexibility index (Phi) is 2.22. The zero-order valence-corrected chi connectivity index (χ0v) is 7.86. The lowest BCUT2D eigenvalue weighted by atomic mass is 9.99. The summed E-state index contributed by atoms with van der Waals surface area (Å²) in [5.74, 6) is 0. The highest BCUT2D eigenvalue weighted by Gasteiger charge is 2.19. The van der Waals surface area contributed by atoms with E-state index in [4.69, 9.17) is 23.2 Å². The Bertz CT molecular complexity index is 277. The maximum Gasteiger partial charge on any atom is 0.131 e. The molecule has 2 nitrogen and oxygen atoms in total. The Morgan fingerprint density at radius 3 is 2.33 bits per heavy atom. The number of halogens is 2. The number of rotatable bonds is 1. The molecule has 12 heavy (non-hydrogen) atoms. The fourth-order valence-corrected chi connectivity index (χ4v) is 1.74. The molecule has 1 aliphatic heterocycles. The molecule has 1 aromatic heterocycles. The fraction of sp³-hybridized carbons (Fsp3) is 0.375. The van der Waals surface area contributed by atoms with Crippen LogP contribution in [0.4, 0.5) is 0 Å². The second-order valence-electron chi connectivity index (χ2n) is 2.84. The Morgan fingerprint density at radius 2 is 1.92 bits per heavy atom. The van der Waals surface area contributed by atoms with Crippen LogP contribution < -0.4 is 5.32 Å². The quantitative estimate of drug-likeness (QED) is 0.709. The normalized spacial score (nSPS) is 22.0. The van der Waals surface area contributed by atoms with Gasteiger partial charge in [0.05, 0.1) is 0 Å². The van der Waals surface area contributed by atoms with Crippen molar-refractivity contribution in [3.05, 3.63) is 28.0 Å². The lowest BCUT2D eigenvalue weighted by molar-refractivity contribution is 0.383. The van der Waals surface area contributed by atoms with Gasteiger partial charge in [-0.1, -0.05) is 23.2 Å². The molecular formula is C8H8Cl2N2. The van der Waals surface area contributed by atoms with Gasteiger partial charge in [-0.3, -0.25) is 0 Å². The zero-order chi connectivity index (χ0) is 8.55. The predicted molar refractivity (Wildman–Crippen MR) is 49.6 cm³/mol. The molecule has 0 bridgehead atoms. The molecular weight excluding hydrogens is 195 g/mol. The first-order valence-electron chi connectivity index (χ1n) is 3.82. The van der Waals surface area contributed by atoms with Crippen LogP contribution in [0.1, 0.15) is 18.0 Å². The minimum absolute atomic E-state index is 0.419. The molecule has 0 aliphatic carbocycles. The molecule has 1 aliphatic rings. The summed E-state index contributed by atoms with van der Waals surface area (Å²) in [4.78, 5) is 3.88. The van der Waals surface area contributed by atoms with Crippen LogP contribution in [-0.2, 0) is 0 Å². The smallest absolute Gasteiger partial charge is 0.131 e. The SMILES string of the molecule is Clc1cc(C2CCN2)cc(Cl)n1. The van der Waals surface area contributed by atoms with Crippen molar-refractivity contribution in [3.8, 4) is 0 Å². The van der Waals surface area contributed by atoms with Crippen LogP contribution in [0.2, 0.25) is 10.3 Å². The molecule has 0 saturated carbocycles. The molecule has 0 spiro atoms. The van der Waals surface area contributed by atoms with Gasteiger partial charge in [-0.05, 0) is 30.7 Å². The average Bonchev–Trinajstić information content (AvgIpc) is 1.79. The van der Waals surface area contributed by atoms with E-state index in [2.05, 4.69) is 10.3 Å². The number of nitrogens with zero attached hydrogens (tertiary/aromatic N) is 1. The highest BCUT2D eigenvalue weighted by molar-refractivity contribution is 6.32. The third kappa shape index (κ3) is 1.56. The first-order valence-corrected chi connectivity index (χ1v) is 4.57. The molecule has 1 aromatic rings. The molecule has 1 atom stereocenters. The number of hydrogen-bond acceptors (Lipinski definition) is 2. The van der Waals surface area contributed by atoms with Gasteiger partial charge in [-0.25, -0.2) is 4.98 Å². The van der Waals surface area contributed by atoms with E-state index >= 15 is 0 Å². The van der Waals surface area contributed by atoms with Crippen LogP contribution >= 0.6 is 23.2 Å². The molecule has 1 saturated heterocycles. The Morgan fingerprint density at radius 1 is 1.33 bits per heavy atom. The van der Waals surface area contributed by atoms with Gasteiger partial charge >= 0.3 is 0 Å². The second-order valence-corrected chi connectivity index (χ2v) is 3.62. The summed E-state index contributed by atoms with van der Waals surface area (Å²) in [6.45, 7) is 1.07. The van der Waals surface area contributed by atoms with Crippen LogP contribution in [-0.4, -0.2) is 11.5 Å². The summed E-state index contributed by atoms with van der Waals surface area (Å²) >= 11 is 11.5. The number of hydrogen-bond donors (Lipinski definition) is 1. The predicted octanol–water partition coefficient (Wildman–Crippen LogP) is 2.42. The Balaban J connectivity index is 2.30. The summed E-state index contributed by atoms with van der Waals surface area (Å²) < 4.78 is 0. The maximum atomic E-state index is 5.75. The van der Waals surface area contributed by atoms with Crippen molar-refractivity contribution in [2.24, 2.45) is 0 Å². The van der Waals surface area contributed by atoms with E-state index in [0.717, 1.165) is 18.5 Å². The molecule has 2 rings (SSSR count). The van der Waals surface area contributed by atoms with Gasteiger partial charge in [0.2, 0.25) is 0 Å². The zero-order valence-electron chi connectivity index (χ0n) is 6.35. The van der Waals surface area contributed by atoms with E-state index in [1.165, 1.54) is 0 Å². The molecule has 1 unspecified atom stereocenters. The van der Waals surface area contributed by atoms with Crippen LogP contribution in [0.15, 0.2) is 12.1 Å². The first kappa shape index (κ1) is 8.30. The lowest BCUT2D eigenvalue weighted by Crippen LogP contribution is -2.34. The van der Waals surface area contributed by atoms with E-state index in [9.17, 15) is 0 Å². The molecule has 1 N–H and O–H groups in total. The van der Waals surface area contributed by atoms with E-state index in [1.54, 1.807) is 0 Å². The van der Waals surface area contributed by atoms with Crippen molar-refractivity contribution in [3.63, 3.8) is 0 Å². The standard InChI is InChI=1S/C8H8Cl2N2/c9-7-3-5(4-8(10)12-7)6-1-2-11-6/h3-4,6,11H,1-2H2. The molecule has 2 heterocycles. The average molecular weight is 203 g/mol. The van der Waals surface area contributed by atoms with E-state index in [-0.39, 0.29) is 0 Å². The fourth-order valence-electron chi connectivity index (χ4n) is 1.26. The van der Waals surface area contributed by atoms with Crippen LogP contribution in [0, 0.1) is 0 Å². The second kappa shape index (κ2) is 3.21. The molecule has 1 fully saturated rings. The highest BCUT2D eigenvalue weighted by atomic mass is 35.5. The maximum absolute atomic E-state index is 5.75. The van der Waals surface area contributed by atoms with Crippen LogP contribution in [0.3, 0.4) is 0 Å². The number of nitrogens with one attached hydrogen (secondary N) is 1. The van der Waals surface area contributed by atoms with Gasteiger partial charge in [0.25, 0.3) is 0 Å². The number of pyridine rings is 1. The topological polar surface area (TPSA) is 24.9 Å². The lowest BCUT2D eigenvalue weighted by Gasteiger charge is -2.27. The van der Waals surface area contributed by atoms with Gasteiger partial charge in [-0.2, -0.15) is 0 Å². The van der Waals surface area contributed by atoms with Crippen molar-refractivity contribution in [1.82, 2.24) is 10.3 Å². The molecule has 0 aromatic carbocycles. The largest absolute Gasteiger partial charge is 0.310 e. The summed E-state index contributed by atoms with van der Waals surface area (Å²) in [6.07, 6.45) is 1.15. The molecule has 4 heteroatoms. The van der Waals surface area contributed by atoms with Gasteiger partial charge in [-0.15, -0.1) is 0 Å². The van der Waals surface area contributed by atoms with E-state index in [0.29, 0.717) is 16.3 Å². The van der Waals surface area contributed by atoms with Gasteiger partial charge in [0, 0.05) is 6.04 Å². The Hall–Kier alpha value is -0.310. The van der Waals surface area contributed by atoms with Crippen molar-refractivity contribution in [2.45, 2.75) is 12.5 Å². The third-order valence-electron chi connectivity index (χ3n) is 2.01. The first-order chi connectivity index (χ1) is 5.75. The van der Waals surface area contributed by atoms with E-state index in [1.807, 2.05) is 12.1 Å².